The third-order valence-electron chi connectivity index (χ3n) is 3.45. The third kappa shape index (κ3) is 2.45. The van der Waals surface area contributed by atoms with Crippen LogP contribution >= 0.6 is 0 Å². The van der Waals surface area contributed by atoms with E-state index >= 15 is 0 Å². The van der Waals surface area contributed by atoms with Crippen molar-refractivity contribution in [2.45, 2.75) is 52.4 Å². The summed E-state index contributed by atoms with van der Waals surface area (Å²) in [7, 11) is 0. The highest BCUT2D eigenvalue weighted by molar-refractivity contribution is 5.44. The van der Waals surface area contributed by atoms with Crippen molar-refractivity contribution in [2.24, 2.45) is 0 Å². The fraction of sp³-hybridized carbons (Fsp3) is 0.529. The molecule has 0 unspecified atom stereocenters. The molecule has 1 aliphatic rings. The largest absolute Gasteiger partial charge is 0.496 e. The molecule has 1 nitrogen and oxygen atoms in total. The molecule has 98 valence electrons. The van der Waals surface area contributed by atoms with E-state index < -0.39 is 0 Å². The van der Waals surface area contributed by atoms with Gasteiger partial charge in [0.2, 0.25) is 0 Å². The highest BCUT2D eigenvalue weighted by Crippen LogP contribution is 2.32. The zero-order valence-electron chi connectivity index (χ0n) is 12.4. The minimum absolute atomic E-state index is 0.156. The Labute approximate surface area is 110 Å². The second-order valence-electron chi connectivity index (χ2n) is 7.18. The van der Waals surface area contributed by atoms with Crippen molar-refractivity contribution >= 4 is 12.3 Å². The molecule has 0 aromatic heterocycles. The molecule has 2 rings (SSSR count). The Hall–Kier alpha value is -1.24. The standard InChI is InChI=1S/C17H24O/c1-16(2,3)14-9-12-7-8-18-11-13(12)10-15(14)17(4,5)6/h7,9-11H,8H2,1-6H3. The van der Waals surface area contributed by atoms with E-state index in [1.54, 1.807) is 0 Å². The topological polar surface area (TPSA) is 9.23 Å². The van der Waals surface area contributed by atoms with E-state index in [1.807, 2.05) is 6.26 Å². The summed E-state index contributed by atoms with van der Waals surface area (Å²) in [6.07, 6.45) is 4.05. The van der Waals surface area contributed by atoms with Crippen molar-refractivity contribution in [3.63, 3.8) is 0 Å². The molecule has 1 heteroatoms. The van der Waals surface area contributed by atoms with Crippen molar-refractivity contribution in [3.05, 3.63) is 33.7 Å². The molecule has 0 spiro atoms. The lowest BCUT2D eigenvalue weighted by molar-refractivity contribution is 0.346. The number of fused-ring (bicyclic) bond motifs is 1. The van der Waals surface area contributed by atoms with Gasteiger partial charge < -0.3 is 4.74 Å². The molecule has 0 bridgehead atoms. The molecule has 1 heterocycles. The fourth-order valence-electron chi connectivity index (χ4n) is 2.43. The smallest absolute Gasteiger partial charge is 0.106 e. The van der Waals surface area contributed by atoms with Gasteiger partial charge in [0.15, 0.2) is 0 Å². The highest BCUT2D eigenvalue weighted by Gasteiger charge is 2.25. The number of hydrogen-bond acceptors (Lipinski definition) is 1. The van der Waals surface area contributed by atoms with E-state index in [0.717, 1.165) is 0 Å². The van der Waals surface area contributed by atoms with Crippen molar-refractivity contribution in [1.29, 1.82) is 0 Å². The van der Waals surface area contributed by atoms with Gasteiger partial charge in [0, 0.05) is 5.22 Å². The van der Waals surface area contributed by atoms with E-state index in [4.69, 9.17) is 4.74 Å². The van der Waals surface area contributed by atoms with Crippen LogP contribution in [0.1, 0.15) is 52.7 Å². The zero-order chi connectivity index (χ0) is 13.6. The molecule has 0 fully saturated rings. The van der Waals surface area contributed by atoms with E-state index in [1.165, 1.54) is 21.6 Å². The van der Waals surface area contributed by atoms with Crippen LogP contribution in [0.3, 0.4) is 0 Å². The summed E-state index contributed by atoms with van der Waals surface area (Å²) in [5.41, 5.74) is 3.19. The van der Waals surface area contributed by atoms with Gasteiger partial charge >= 0.3 is 0 Å². The average molecular weight is 244 g/mol. The molecule has 0 radical (unpaired) electrons. The summed E-state index contributed by atoms with van der Waals surface area (Å²) in [6.45, 7) is 14.4. The predicted octanol–water partition coefficient (Wildman–Crippen LogP) is 2.83. The van der Waals surface area contributed by atoms with E-state index in [-0.39, 0.29) is 10.8 Å². The Bertz CT molecular complexity index is 512. The highest BCUT2D eigenvalue weighted by atomic mass is 16.5. The van der Waals surface area contributed by atoms with Crippen molar-refractivity contribution < 1.29 is 4.74 Å². The van der Waals surface area contributed by atoms with Crippen LogP contribution < -0.4 is 10.4 Å². The molecule has 0 N–H and O–H groups in total. The molecular weight excluding hydrogens is 220 g/mol. The first kappa shape index (κ1) is 13.2. The van der Waals surface area contributed by atoms with Crippen LogP contribution in [-0.2, 0) is 15.6 Å². The summed E-state index contributed by atoms with van der Waals surface area (Å²) >= 11 is 0. The van der Waals surface area contributed by atoms with Crippen LogP contribution in [-0.4, -0.2) is 6.61 Å². The number of hydrogen-bond donors (Lipinski definition) is 0. The number of rotatable bonds is 0. The zero-order valence-corrected chi connectivity index (χ0v) is 12.4. The van der Waals surface area contributed by atoms with Crippen LogP contribution in [0.5, 0.6) is 0 Å². The maximum atomic E-state index is 5.41. The number of benzene rings is 1. The Morgan fingerprint density at radius 2 is 1.33 bits per heavy atom. The molecule has 0 aliphatic carbocycles. The molecule has 18 heavy (non-hydrogen) atoms. The van der Waals surface area contributed by atoms with Crippen LogP contribution in [0.15, 0.2) is 12.1 Å². The molecule has 1 aliphatic heterocycles. The summed E-state index contributed by atoms with van der Waals surface area (Å²) < 4.78 is 5.41. The van der Waals surface area contributed by atoms with Crippen LogP contribution in [0.25, 0.3) is 12.3 Å². The van der Waals surface area contributed by atoms with Gasteiger partial charge in [-0.25, -0.2) is 0 Å². The van der Waals surface area contributed by atoms with Gasteiger partial charge in [-0.3, -0.25) is 0 Å². The lowest BCUT2D eigenvalue weighted by atomic mass is 9.75. The molecule has 1 aromatic carbocycles. The Kier molecular flexibility index (Phi) is 3.04. The third-order valence-corrected chi connectivity index (χ3v) is 3.45. The first-order valence-electron chi connectivity index (χ1n) is 6.66. The first-order valence-corrected chi connectivity index (χ1v) is 6.66. The maximum absolute atomic E-state index is 5.41. The van der Waals surface area contributed by atoms with Crippen molar-refractivity contribution in [2.75, 3.05) is 6.61 Å². The van der Waals surface area contributed by atoms with Gasteiger partial charge in [-0.15, -0.1) is 0 Å². The summed E-state index contributed by atoms with van der Waals surface area (Å²) in [5.74, 6) is 0. The van der Waals surface area contributed by atoms with Gasteiger partial charge in [0.25, 0.3) is 0 Å². The molecular formula is C17H24O. The quantitative estimate of drug-likeness (QED) is 0.682. The minimum atomic E-state index is 0.156. The van der Waals surface area contributed by atoms with E-state index in [2.05, 4.69) is 59.8 Å². The van der Waals surface area contributed by atoms with E-state index in [9.17, 15) is 0 Å². The van der Waals surface area contributed by atoms with Gasteiger partial charge in [0.05, 0.1) is 6.26 Å². The molecule has 0 atom stereocenters. The van der Waals surface area contributed by atoms with Gasteiger partial charge in [-0.2, -0.15) is 0 Å². The minimum Gasteiger partial charge on any atom is -0.496 e. The first-order chi connectivity index (χ1) is 8.19. The van der Waals surface area contributed by atoms with Crippen molar-refractivity contribution in [1.82, 2.24) is 0 Å². The molecule has 0 saturated heterocycles. The van der Waals surface area contributed by atoms with E-state index in [0.29, 0.717) is 6.61 Å². The van der Waals surface area contributed by atoms with Crippen LogP contribution in [0.2, 0.25) is 0 Å². The average Bonchev–Trinajstić information content (AvgIpc) is 2.25. The fourth-order valence-corrected chi connectivity index (χ4v) is 2.43. The Balaban J connectivity index is 2.80. The van der Waals surface area contributed by atoms with Gasteiger partial charge in [-0.1, -0.05) is 47.6 Å². The molecule has 1 aromatic rings. The van der Waals surface area contributed by atoms with Gasteiger partial charge in [0.1, 0.15) is 6.61 Å². The maximum Gasteiger partial charge on any atom is 0.106 e. The SMILES string of the molecule is CC(C)(C)c1cc2c(cc1C(C)(C)C)=COCC=2. The normalized spacial score (nSPS) is 15.2. The molecule has 0 amide bonds. The van der Waals surface area contributed by atoms with Gasteiger partial charge in [-0.05, 0) is 39.3 Å². The monoisotopic (exact) mass is 244 g/mol. The second-order valence-corrected chi connectivity index (χ2v) is 7.18. The molecule has 0 saturated carbocycles. The lowest BCUT2D eigenvalue weighted by Gasteiger charge is -2.30. The summed E-state index contributed by atoms with van der Waals surface area (Å²) in [5, 5.41) is 2.51. The van der Waals surface area contributed by atoms with Crippen LogP contribution in [0.4, 0.5) is 0 Å². The summed E-state index contributed by atoms with van der Waals surface area (Å²) in [6, 6.07) is 4.64. The predicted molar refractivity (Wildman–Crippen MR) is 78.0 cm³/mol. The Morgan fingerprint density at radius 3 is 1.83 bits per heavy atom. The Morgan fingerprint density at radius 1 is 0.833 bits per heavy atom. The lowest BCUT2D eigenvalue weighted by Crippen LogP contribution is -2.34. The van der Waals surface area contributed by atoms with Crippen LogP contribution in [0, 0.1) is 0 Å². The second kappa shape index (κ2) is 4.15. The van der Waals surface area contributed by atoms with Crippen molar-refractivity contribution in [3.8, 4) is 0 Å². The summed E-state index contributed by atoms with van der Waals surface area (Å²) in [4.78, 5) is 0. The number of ether oxygens (including phenoxy) is 1.